The molecule has 0 saturated carbocycles. The van der Waals surface area contributed by atoms with Gasteiger partial charge in [-0.25, -0.2) is 0 Å². The van der Waals surface area contributed by atoms with Gasteiger partial charge in [0.1, 0.15) is 0 Å². The van der Waals surface area contributed by atoms with E-state index in [1.54, 1.807) is 0 Å². The van der Waals surface area contributed by atoms with Crippen molar-refractivity contribution < 1.29 is 9.59 Å². The lowest BCUT2D eigenvalue weighted by molar-refractivity contribution is -0.137. The molecular formula is C24H36N4O2. The highest BCUT2D eigenvalue weighted by atomic mass is 16.2. The molecule has 1 atom stereocenters. The van der Waals surface area contributed by atoms with Gasteiger partial charge < -0.3 is 15.1 Å². The zero-order chi connectivity index (χ0) is 20.8. The molecule has 6 nitrogen and oxygen atoms in total. The quantitative estimate of drug-likeness (QED) is 0.801. The van der Waals surface area contributed by atoms with Gasteiger partial charge in [-0.2, -0.15) is 0 Å². The van der Waals surface area contributed by atoms with Crippen molar-refractivity contribution in [1.29, 1.82) is 0 Å². The molecule has 0 aliphatic carbocycles. The van der Waals surface area contributed by atoms with Crippen LogP contribution in [-0.2, 0) is 16.0 Å². The number of carbonyl (C=O) groups is 2. The van der Waals surface area contributed by atoms with Crippen molar-refractivity contribution >= 4 is 11.8 Å². The van der Waals surface area contributed by atoms with Crippen LogP contribution in [0, 0.1) is 5.92 Å². The van der Waals surface area contributed by atoms with Crippen molar-refractivity contribution in [3.63, 3.8) is 0 Å². The van der Waals surface area contributed by atoms with Crippen molar-refractivity contribution in [2.24, 2.45) is 5.92 Å². The molecule has 0 aromatic heterocycles. The van der Waals surface area contributed by atoms with Gasteiger partial charge in [0.2, 0.25) is 11.8 Å². The van der Waals surface area contributed by atoms with E-state index in [2.05, 4.69) is 45.4 Å². The Labute approximate surface area is 180 Å². The number of benzene rings is 1. The number of hydrogen-bond acceptors (Lipinski definition) is 4. The number of rotatable bonds is 5. The third kappa shape index (κ3) is 5.61. The maximum Gasteiger partial charge on any atom is 0.227 e. The van der Waals surface area contributed by atoms with Gasteiger partial charge in [0.05, 0.1) is 5.92 Å². The number of nitrogens with zero attached hydrogens (tertiary/aromatic N) is 3. The summed E-state index contributed by atoms with van der Waals surface area (Å²) >= 11 is 0. The Bertz CT molecular complexity index is 702. The van der Waals surface area contributed by atoms with Crippen molar-refractivity contribution in [2.75, 3.05) is 52.4 Å². The summed E-state index contributed by atoms with van der Waals surface area (Å²) in [6.45, 7) is 7.28. The second kappa shape index (κ2) is 10.4. The summed E-state index contributed by atoms with van der Waals surface area (Å²) in [6.07, 6.45) is 6.07. The summed E-state index contributed by atoms with van der Waals surface area (Å²) < 4.78 is 0. The minimum Gasteiger partial charge on any atom is -0.354 e. The summed E-state index contributed by atoms with van der Waals surface area (Å²) in [4.78, 5) is 31.7. The SMILES string of the molecule is O=C1CCN(C(=O)C2CCCN(C3CCN(CCc4ccccc4)CC3)C2)CCN1. The van der Waals surface area contributed by atoms with Gasteiger partial charge in [-0.3, -0.25) is 14.5 Å². The Morgan fingerprint density at radius 3 is 2.60 bits per heavy atom. The molecule has 2 amide bonds. The molecular weight excluding hydrogens is 376 g/mol. The van der Waals surface area contributed by atoms with Crippen molar-refractivity contribution in [2.45, 2.75) is 44.6 Å². The maximum atomic E-state index is 13.1. The van der Waals surface area contributed by atoms with Gasteiger partial charge >= 0.3 is 0 Å². The molecule has 1 aromatic carbocycles. The Balaban J connectivity index is 1.23. The first kappa shape index (κ1) is 21.3. The molecule has 0 radical (unpaired) electrons. The Hall–Kier alpha value is -1.92. The minimum atomic E-state index is 0.0644. The molecule has 0 bridgehead atoms. The molecule has 164 valence electrons. The second-order valence-corrected chi connectivity index (χ2v) is 9.07. The average molecular weight is 413 g/mol. The number of likely N-dealkylation sites (tertiary alicyclic amines) is 2. The molecule has 6 heteroatoms. The van der Waals surface area contributed by atoms with Crippen LogP contribution in [0.3, 0.4) is 0 Å². The van der Waals surface area contributed by atoms with E-state index in [4.69, 9.17) is 0 Å². The fourth-order valence-electron chi connectivity index (χ4n) is 5.23. The predicted octanol–water partition coefficient (Wildman–Crippen LogP) is 1.75. The van der Waals surface area contributed by atoms with Gasteiger partial charge in [0.15, 0.2) is 0 Å². The molecule has 3 saturated heterocycles. The molecule has 3 aliphatic rings. The third-order valence-electron chi connectivity index (χ3n) is 7.06. The zero-order valence-electron chi connectivity index (χ0n) is 18.1. The smallest absolute Gasteiger partial charge is 0.227 e. The molecule has 1 N–H and O–H groups in total. The van der Waals surface area contributed by atoms with Crippen LogP contribution in [0.25, 0.3) is 0 Å². The van der Waals surface area contributed by atoms with Gasteiger partial charge in [0, 0.05) is 45.2 Å². The summed E-state index contributed by atoms with van der Waals surface area (Å²) in [5.41, 5.74) is 1.42. The first-order chi connectivity index (χ1) is 14.7. The third-order valence-corrected chi connectivity index (χ3v) is 7.06. The Kier molecular flexibility index (Phi) is 7.39. The van der Waals surface area contributed by atoms with E-state index in [0.29, 0.717) is 32.1 Å². The van der Waals surface area contributed by atoms with Crippen LogP contribution in [-0.4, -0.2) is 84.9 Å². The van der Waals surface area contributed by atoms with Gasteiger partial charge in [-0.1, -0.05) is 30.3 Å². The summed E-state index contributed by atoms with van der Waals surface area (Å²) in [5.74, 6) is 0.425. The topological polar surface area (TPSA) is 55.9 Å². The Morgan fingerprint density at radius 2 is 1.80 bits per heavy atom. The molecule has 1 unspecified atom stereocenters. The Morgan fingerprint density at radius 1 is 1.00 bits per heavy atom. The van der Waals surface area contributed by atoms with Crippen LogP contribution in [0.2, 0.25) is 0 Å². The maximum absolute atomic E-state index is 13.1. The molecule has 4 rings (SSSR count). The number of amides is 2. The van der Waals surface area contributed by atoms with Crippen LogP contribution in [0.5, 0.6) is 0 Å². The fraction of sp³-hybridized carbons (Fsp3) is 0.667. The first-order valence-electron chi connectivity index (χ1n) is 11.7. The predicted molar refractivity (Wildman–Crippen MR) is 118 cm³/mol. The fourth-order valence-corrected chi connectivity index (χ4v) is 5.23. The zero-order valence-corrected chi connectivity index (χ0v) is 18.1. The van der Waals surface area contributed by atoms with Crippen LogP contribution in [0.4, 0.5) is 0 Å². The molecule has 1 aromatic rings. The summed E-state index contributed by atoms with van der Waals surface area (Å²) in [5, 5.41) is 2.87. The second-order valence-electron chi connectivity index (χ2n) is 9.07. The van der Waals surface area contributed by atoms with Crippen LogP contribution < -0.4 is 5.32 Å². The normalized spacial score (nSPS) is 25.0. The van der Waals surface area contributed by atoms with E-state index >= 15 is 0 Å². The van der Waals surface area contributed by atoms with Crippen molar-refractivity contribution in [1.82, 2.24) is 20.0 Å². The van der Waals surface area contributed by atoms with Gasteiger partial charge in [0.25, 0.3) is 0 Å². The molecule has 3 heterocycles. The molecule has 30 heavy (non-hydrogen) atoms. The van der Waals surface area contributed by atoms with Gasteiger partial charge in [-0.05, 0) is 57.3 Å². The highest BCUT2D eigenvalue weighted by Crippen LogP contribution is 2.25. The number of nitrogens with one attached hydrogen (secondary N) is 1. The van der Waals surface area contributed by atoms with Gasteiger partial charge in [-0.15, -0.1) is 0 Å². The van der Waals surface area contributed by atoms with E-state index in [-0.39, 0.29) is 17.7 Å². The lowest BCUT2D eigenvalue weighted by atomic mass is 9.92. The summed E-state index contributed by atoms with van der Waals surface area (Å²) in [6, 6.07) is 11.4. The largest absolute Gasteiger partial charge is 0.354 e. The average Bonchev–Trinajstić information content (AvgIpc) is 3.03. The highest BCUT2D eigenvalue weighted by molar-refractivity contribution is 5.81. The lowest BCUT2D eigenvalue weighted by Gasteiger charge is -2.42. The molecule has 3 fully saturated rings. The summed E-state index contributed by atoms with van der Waals surface area (Å²) in [7, 11) is 0. The first-order valence-corrected chi connectivity index (χ1v) is 11.7. The van der Waals surface area contributed by atoms with E-state index < -0.39 is 0 Å². The van der Waals surface area contributed by atoms with Crippen molar-refractivity contribution in [3.05, 3.63) is 35.9 Å². The number of carbonyl (C=O) groups excluding carboxylic acids is 2. The van der Waals surface area contributed by atoms with E-state index in [1.165, 1.54) is 18.4 Å². The monoisotopic (exact) mass is 412 g/mol. The van der Waals surface area contributed by atoms with Crippen LogP contribution in [0.15, 0.2) is 30.3 Å². The van der Waals surface area contributed by atoms with Crippen molar-refractivity contribution in [3.8, 4) is 0 Å². The standard InChI is InChI=1S/C24H36N4O2/c29-23-11-17-27(18-12-25-23)24(30)21-7-4-13-28(19-21)22-9-15-26(16-10-22)14-8-20-5-2-1-3-6-20/h1-3,5-6,21-22H,4,7-19H2,(H,25,29). The minimum absolute atomic E-state index is 0.0644. The van der Waals surface area contributed by atoms with Crippen LogP contribution in [0.1, 0.15) is 37.7 Å². The van der Waals surface area contributed by atoms with E-state index in [1.807, 2.05) is 4.90 Å². The van der Waals surface area contributed by atoms with Crippen LogP contribution >= 0.6 is 0 Å². The molecule has 3 aliphatic heterocycles. The lowest BCUT2D eigenvalue weighted by Crippen LogP contribution is -2.51. The number of piperidine rings is 2. The van der Waals surface area contributed by atoms with E-state index in [9.17, 15) is 9.59 Å². The molecule has 0 spiro atoms. The number of hydrogen-bond donors (Lipinski definition) is 1. The van der Waals surface area contributed by atoms with E-state index in [0.717, 1.165) is 52.0 Å². The highest BCUT2D eigenvalue weighted by Gasteiger charge is 2.33.